The first-order valence-corrected chi connectivity index (χ1v) is 6.63. The fourth-order valence-electron chi connectivity index (χ4n) is 1.17. The Labute approximate surface area is 106 Å². The average Bonchev–Trinajstić information content (AvgIpc) is 2.16. The van der Waals surface area contributed by atoms with Crippen molar-refractivity contribution in [3.63, 3.8) is 0 Å². The molecule has 0 N–H and O–H groups in total. The molecule has 1 rings (SSSR count). The zero-order chi connectivity index (χ0) is 12.6. The maximum absolute atomic E-state index is 12.6. The van der Waals surface area contributed by atoms with Crippen LogP contribution in [-0.4, -0.2) is 0 Å². The van der Waals surface area contributed by atoms with E-state index in [1.807, 2.05) is 0 Å². The van der Waals surface area contributed by atoms with Crippen LogP contribution in [0.4, 0.5) is 13.2 Å². The zero-order valence-corrected chi connectivity index (χ0v) is 11.1. The summed E-state index contributed by atoms with van der Waals surface area (Å²) < 4.78 is 37.3. The molecule has 0 aromatic heterocycles. The van der Waals surface area contributed by atoms with Crippen molar-refractivity contribution in [2.45, 2.75) is 24.8 Å². The molecule has 0 aliphatic rings. The van der Waals surface area contributed by atoms with Crippen molar-refractivity contribution in [1.29, 1.82) is 0 Å². The molecule has 0 nitrogen and oxygen atoms in total. The van der Waals surface area contributed by atoms with Gasteiger partial charge in [-0.25, -0.2) is 0 Å². The summed E-state index contributed by atoms with van der Waals surface area (Å²) in [6.45, 7) is 3.60. The van der Waals surface area contributed by atoms with Crippen molar-refractivity contribution in [3.05, 3.63) is 34.3 Å². The number of thiol groups is 1. The lowest BCUT2D eigenvalue weighted by Crippen LogP contribution is -2.13. The normalized spacial score (nSPS) is 12.9. The quantitative estimate of drug-likeness (QED) is 0.578. The maximum atomic E-state index is 12.6. The van der Waals surface area contributed by atoms with Gasteiger partial charge < -0.3 is 0 Å². The molecule has 6 heteroatoms. The Morgan fingerprint density at radius 1 is 1.25 bits per heavy atom. The minimum Gasteiger partial charge on any atom is -0.166 e. The average molecular weight is 287 g/mol. The van der Waals surface area contributed by atoms with Crippen LogP contribution in [0.5, 0.6) is 0 Å². The first-order chi connectivity index (χ1) is 7.18. The lowest BCUT2D eigenvalue weighted by atomic mass is 10.00. The number of halogens is 4. The molecule has 0 unspecified atom stereocenters. The summed E-state index contributed by atoms with van der Waals surface area (Å²) in [6, 6.07) is 3.93. The number of hydrogen-bond donors (Lipinski definition) is 1. The van der Waals surface area contributed by atoms with Gasteiger partial charge in [0.25, 0.3) is 0 Å². The van der Waals surface area contributed by atoms with Crippen LogP contribution in [0, 0.1) is 0 Å². The van der Waals surface area contributed by atoms with Gasteiger partial charge in [-0.3, -0.25) is 0 Å². The van der Waals surface area contributed by atoms with Crippen LogP contribution in [-0.2, 0) is 10.9 Å². The fourth-order valence-corrected chi connectivity index (χ4v) is 1.94. The lowest BCUT2D eigenvalue weighted by molar-refractivity contribution is -0.137. The minimum atomic E-state index is -4.43. The summed E-state index contributed by atoms with van der Waals surface area (Å²) in [5.74, 6) is 0. The van der Waals surface area contributed by atoms with Gasteiger partial charge in [0.1, 0.15) is 0 Å². The second kappa shape index (κ2) is 4.70. The Kier molecular flexibility index (Phi) is 4.13. The molecule has 0 saturated carbocycles. The Hall–Kier alpha value is -0.000000000000000111. The van der Waals surface area contributed by atoms with Crippen molar-refractivity contribution in [2.75, 3.05) is 0 Å². The highest BCUT2D eigenvalue weighted by molar-refractivity contribution is 8.68. The third-order valence-electron chi connectivity index (χ3n) is 2.20. The van der Waals surface area contributed by atoms with Gasteiger partial charge in [0, 0.05) is 4.75 Å². The van der Waals surface area contributed by atoms with Crippen LogP contribution in [0.15, 0.2) is 18.2 Å². The molecule has 0 bridgehead atoms. The number of hydrogen-bond acceptors (Lipinski definition) is 2. The molecule has 0 heterocycles. The second-order valence-electron chi connectivity index (χ2n) is 3.79. The summed E-state index contributed by atoms with van der Waals surface area (Å²) >= 11 is 9.58. The largest absolute Gasteiger partial charge is 0.417 e. The number of rotatable bonds is 2. The molecule has 0 saturated heterocycles. The highest BCUT2D eigenvalue weighted by atomic mass is 35.5. The molecule has 0 fully saturated rings. The van der Waals surface area contributed by atoms with Gasteiger partial charge in [0.2, 0.25) is 0 Å². The minimum absolute atomic E-state index is 0.281. The van der Waals surface area contributed by atoms with E-state index in [4.69, 9.17) is 11.6 Å². The summed E-state index contributed by atoms with van der Waals surface area (Å²) in [7, 11) is 1.19. The molecule has 16 heavy (non-hydrogen) atoms. The van der Waals surface area contributed by atoms with Crippen LogP contribution in [0.25, 0.3) is 0 Å². The van der Waals surface area contributed by atoms with E-state index in [1.165, 1.54) is 16.9 Å². The van der Waals surface area contributed by atoms with Gasteiger partial charge >= 0.3 is 6.18 Å². The third kappa shape index (κ3) is 3.02. The predicted octanol–water partition coefficient (Wildman–Crippen LogP) is 5.17. The molecule has 0 aliphatic heterocycles. The standard InChI is InChI=1S/C10H10ClF3S2/c1-9(2,16-15)6-3-4-8(11)7(5-6)10(12,13)14/h3-5,15H,1-2H3. The van der Waals surface area contributed by atoms with Crippen LogP contribution in [0.2, 0.25) is 5.02 Å². The third-order valence-corrected chi connectivity index (χ3v) is 4.59. The molecule has 0 aliphatic carbocycles. The van der Waals surface area contributed by atoms with E-state index in [0.717, 1.165) is 6.07 Å². The van der Waals surface area contributed by atoms with Gasteiger partial charge in [-0.1, -0.05) is 28.5 Å². The first-order valence-electron chi connectivity index (χ1n) is 4.38. The van der Waals surface area contributed by atoms with E-state index in [0.29, 0.717) is 5.56 Å². The van der Waals surface area contributed by atoms with E-state index < -0.39 is 16.5 Å². The van der Waals surface area contributed by atoms with Crippen LogP contribution < -0.4 is 0 Å². The molecule has 0 radical (unpaired) electrons. The lowest BCUT2D eigenvalue weighted by Gasteiger charge is -2.23. The smallest absolute Gasteiger partial charge is 0.166 e. The SMILES string of the molecule is CC(C)(SS)c1ccc(Cl)c(C(F)(F)F)c1. The van der Waals surface area contributed by atoms with Gasteiger partial charge in [0.15, 0.2) is 0 Å². The predicted molar refractivity (Wildman–Crippen MR) is 66.1 cm³/mol. The van der Waals surface area contributed by atoms with Gasteiger partial charge in [-0.2, -0.15) is 13.2 Å². The second-order valence-corrected chi connectivity index (χ2v) is 5.95. The van der Waals surface area contributed by atoms with Crippen molar-refractivity contribution in [1.82, 2.24) is 0 Å². The van der Waals surface area contributed by atoms with Crippen molar-refractivity contribution in [2.24, 2.45) is 0 Å². The van der Waals surface area contributed by atoms with E-state index in [1.54, 1.807) is 19.9 Å². The Morgan fingerprint density at radius 3 is 2.25 bits per heavy atom. The highest BCUT2D eigenvalue weighted by Gasteiger charge is 2.34. The van der Waals surface area contributed by atoms with Crippen LogP contribution >= 0.6 is 34.1 Å². The Balaban J connectivity index is 3.29. The van der Waals surface area contributed by atoms with Crippen molar-refractivity contribution in [3.8, 4) is 0 Å². The Morgan fingerprint density at radius 2 is 1.81 bits per heavy atom. The van der Waals surface area contributed by atoms with E-state index >= 15 is 0 Å². The molecular weight excluding hydrogens is 277 g/mol. The molecule has 0 atom stereocenters. The van der Waals surface area contributed by atoms with Crippen molar-refractivity contribution < 1.29 is 13.2 Å². The maximum Gasteiger partial charge on any atom is 0.417 e. The zero-order valence-electron chi connectivity index (χ0n) is 8.60. The summed E-state index contributed by atoms with van der Waals surface area (Å²) in [5.41, 5.74) is -0.258. The monoisotopic (exact) mass is 286 g/mol. The first kappa shape index (κ1) is 14.1. The van der Waals surface area contributed by atoms with Crippen molar-refractivity contribution >= 4 is 34.1 Å². The summed E-state index contributed by atoms with van der Waals surface area (Å²) in [6.07, 6.45) is -4.43. The highest BCUT2D eigenvalue weighted by Crippen LogP contribution is 2.42. The Bertz CT molecular complexity index is 388. The summed E-state index contributed by atoms with van der Waals surface area (Å²) in [4.78, 5) is 0. The van der Waals surface area contributed by atoms with E-state index in [-0.39, 0.29) is 5.02 Å². The van der Waals surface area contributed by atoms with Crippen LogP contribution in [0.1, 0.15) is 25.0 Å². The fraction of sp³-hybridized carbons (Fsp3) is 0.400. The molecular formula is C10H10ClF3S2. The van der Waals surface area contributed by atoms with Crippen LogP contribution in [0.3, 0.4) is 0 Å². The van der Waals surface area contributed by atoms with E-state index in [9.17, 15) is 13.2 Å². The molecule has 90 valence electrons. The molecule has 0 spiro atoms. The van der Waals surface area contributed by atoms with Gasteiger partial charge in [0.05, 0.1) is 10.6 Å². The molecule has 1 aromatic carbocycles. The topological polar surface area (TPSA) is 0 Å². The number of benzene rings is 1. The molecule has 1 aromatic rings. The van der Waals surface area contributed by atoms with Gasteiger partial charge in [-0.05, 0) is 31.5 Å². The molecule has 0 amide bonds. The van der Waals surface area contributed by atoms with E-state index in [2.05, 4.69) is 11.7 Å². The van der Waals surface area contributed by atoms with Gasteiger partial charge in [-0.15, -0.1) is 11.7 Å². The summed E-state index contributed by atoms with van der Waals surface area (Å²) in [5, 5.41) is -0.281. The number of alkyl halides is 3.